The van der Waals surface area contributed by atoms with Crippen molar-refractivity contribution in [2.24, 2.45) is 0 Å². The molecule has 0 aromatic heterocycles. The van der Waals surface area contributed by atoms with Gasteiger partial charge in [0.25, 0.3) is 5.60 Å². The van der Waals surface area contributed by atoms with Crippen molar-refractivity contribution in [2.45, 2.75) is 32.0 Å². The van der Waals surface area contributed by atoms with E-state index in [1.165, 1.54) is 0 Å². The third-order valence-electron chi connectivity index (χ3n) is 2.75. The van der Waals surface area contributed by atoms with Crippen LogP contribution in [0.4, 0.5) is 13.2 Å². The lowest BCUT2D eigenvalue weighted by molar-refractivity contribution is -0.276. The highest BCUT2D eigenvalue weighted by atomic mass is 19.4. The fraction of sp³-hybridized carbons (Fsp3) is 0.700. The van der Waals surface area contributed by atoms with Crippen molar-refractivity contribution in [1.82, 2.24) is 0 Å². The van der Waals surface area contributed by atoms with Crippen LogP contribution in [-0.4, -0.2) is 31.5 Å². The van der Waals surface area contributed by atoms with Crippen molar-refractivity contribution in [3.05, 3.63) is 11.1 Å². The number of alkyl halides is 3. The molecule has 1 atom stereocenters. The molecule has 1 aliphatic heterocycles. The monoisotopic (exact) mass is 238 g/mol. The number of hydrogen-bond acceptors (Lipinski definition) is 3. The SMILES string of the molecule is COC(=O)[C@]1(C(F)(F)F)CC(C)=C(C)CO1. The molecule has 1 rings (SSSR count). The maximum atomic E-state index is 12.9. The molecular weight excluding hydrogens is 225 g/mol. The Morgan fingerprint density at radius 3 is 2.31 bits per heavy atom. The smallest absolute Gasteiger partial charge is 0.428 e. The second kappa shape index (κ2) is 4.08. The van der Waals surface area contributed by atoms with E-state index in [0.29, 0.717) is 11.1 Å². The van der Waals surface area contributed by atoms with E-state index in [9.17, 15) is 18.0 Å². The fourth-order valence-corrected chi connectivity index (χ4v) is 1.52. The van der Waals surface area contributed by atoms with Gasteiger partial charge >= 0.3 is 12.1 Å². The summed E-state index contributed by atoms with van der Waals surface area (Å²) in [5.41, 5.74) is -1.62. The first-order chi connectivity index (χ1) is 7.24. The van der Waals surface area contributed by atoms with E-state index in [0.717, 1.165) is 7.11 Å². The molecule has 3 nitrogen and oxygen atoms in total. The van der Waals surface area contributed by atoms with Gasteiger partial charge in [-0.3, -0.25) is 0 Å². The summed E-state index contributed by atoms with van der Waals surface area (Å²) < 4.78 is 47.6. The Kier molecular flexibility index (Phi) is 3.33. The van der Waals surface area contributed by atoms with Crippen LogP contribution in [0.15, 0.2) is 11.1 Å². The van der Waals surface area contributed by atoms with Gasteiger partial charge < -0.3 is 9.47 Å². The van der Waals surface area contributed by atoms with Crippen LogP contribution in [-0.2, 0) is 14.3 Å². The van der Waals surface area contributed by atoms with E-state index in [-0.39, 0.29) is 6.61 Å². The Morgan fingerprint density at radius 1 is 1.38 bits per heavy atom. The van der Waals surface area contributed by atoms with Gasteiger partial charge in [-0.15, -0.1) is 0 Å². The molecule has 0 aliphatic carbocycles. The van der Waals surface area contributed by atoms with Crippen LogP contribution in [0.5, 0.6) is 0 Å². The van der Waals surface area contributed by atoms with E-state index in [1.54, 1.807) is 13.8 Å². The predicted octanol–water partition coefficient (Wildman–Crippen LogP) is 2.22. The molecular formula is C10H13F3O3. The van der Waals surface area contributed by atoms with Crippen molar-refractivity contribution in [3.63, 3.8) is 0 Å². The van der Waals surface area contributed by atoms with Gasteiger partial charge in [0, 0.05) is 6.42 Å². The van der Waals surface area contributed by atoms with Gasteiger partial charge in [-0.1, -0.05) is 5.57 Å². The normalized spacial score (nSPS) is 26.9. The van der Waals surface area contributed by atoms with E-state index < -0.39 is 24.2 Å². The molecule has 6 heteroatoms. The van der Waals surface area contributed by atoms with Crippen LogP contribution < -0.4 is 0 Å². The van der Waals surface area contributed by atoms with Crippen LogP contribution in [0, 0.1) is 0 Å². The van der Waals surface area contributed by atoms with Gasteiger partial charge in [0.2, 0.25) is 0 Å². The molecule has 0 aromatic carbocycles. The lowest BCUT2D eigenvalue weighted by atomic mass is 9.89. The topological polar surface area (TPSA) is 35.5 Å². The van der Waals surface area contributed by atoms with Crippen molar-refractivity contribution >= 4 is 5.97 Å². The first-order valence-corrected chi connectivity index (χ1v) is 4.69. The molecule has 0 unspecified atom stereocenters. The Labute approximate surface area is 91.2 Å². The van der Waals surface area contributed by atoms with E-state index >= 15 is 0 Å². The second-order valence-corrected chi connectivity index (χ2v) is 3.84. The Morgan fingerprint density at radius 2 is 1.94 bits per heavy atom. The molecule has 1 aliphatic rings. The number of hydrogen-bond donors (Lipinski definition) is 0. The number of esters is 1. The molecule has 0 radical (unpaired) electrons. The van der Waals surface area contributed by atoms with Crippen LogP contribution in [0.25, 0.3) is 0 Å². The molecule has 0 amide bonds. The van der Waals surface area contributed by atoms with Gasteiger partial charge in [0.1, 0.15) is 0 Å². The lowest BCUT2D eigenvalue weighted by Crippen LogP contribution is -2.56. The van der Waals surface area contributed by atoms with E-state index in [1.807, 2.05) is 0 Å². The van der Waals surface area contributed by atoms with E-state index in [2.05, 4.69) is 4.74 Å². The molecule has 0 N–H and O–H groups in total. The van der Waals surface area contributed by atoms with Gasteiger partial charge in [0.15, 0.2) is 0 Å². The third-order valence-corrected chi connectivity index (χ3v) is 2.75. The second-order valence-electron chi connectivity index (χ2n) is 3.84. The number of halogens is 3. The Balaban J connectivity index is 3.15. The molecule has 0 aromatic rings. The van der Waals surface area contributed by atoms with Crippen LogP contribution in [0.1, 0.15) is 20.3 Å². The average Bonchev–Trinajstić information content (AvgIpc) is 2.19. The molecule has 0 bridgehead atoms. The summed E-state index contributed by atoms with van der Waals surface area (Å²) in [7, 11) is 0.916. The zero-order chi connectivity index (χ0) is 12.6. The molecule has 92 valence electrons. The zero-order valence-electron chi connectivity index (χ0n) is 9.27. The molecule has 0 fully saturated rings. The minimum Gasteiger partial charge on any atom is -0.467 e. The number of carbonyl (C=O) groups is 1. The number of rotatable bonds is 1. The van der Waals surface area contributed by atoms with Crippen molar-refractivity contribution in [2.75, 3.05) is 13.7 Å². The van der Waals surface area contributed by atoms with Gasteiger partial charge in [0.05, 0.1) is 13.7 Å². The zero-order valence-corrected chi connectivity index (χ0v) is 9.27. The standard InChI is InChI=1S/C10H13F3O3/c1-6-4-9(8(14)15-3,10(11,12)13)16-5-7(6)2/h4-5H2,1-3H3/t9-/m0/s1. The van der Waals surface area contributed by atoms with Crippen molar-refractivity contribution in [1.29, 1.82) is 0 Å². The van der Waals surface area contributed by atoms with E-state index in [4.69, 9.17) is 4.74 Å². The van der Waals surface area contributed by atoms with Crippen molar-refractivity contribution < 1.29 is 27.4 Å². The number of carbonyl (C=O) groups excluding carboxylic acids is 1. The summed E-state index contributed by atoms with van der Waals surface area (Å²) in [6.07, 6.45) is -5.28. The maximum Gasteiger partial charge on any atom is 0.428 e. The summed E-state index contributed by atoms with van der Waals surface area (Å²) in [4.78, 5) is 11.3. The first-order valence-electron chi connectivity index (χ1n) is 4.69. The summed E-state index contributed by atoms with van der Waals surface area (Å²) in [5, 5.41) is 0. The number of methoxy groups -OCH3 is 1. The van der Waals surface area contributed by atoms with Crippen molar-refractivity contribution in [3.8, 4) is 0 Å². The van der Waals surface area contributed by atoms with Crippen LogP contribution >= 0.6 is 0 Å². The molecule has 0 saturated heterocycles. The molecule has 0 spiro atoms. The quantitative estimate of drug-likeness (QED) is 0.519. The summed E-state index contributed by atoms with van der Waals surface area (Å²) in [5.74, 6) is -1.40. The highest BCUT2D eigenvalue weighted by Crippen LogP contribution is 2.42. The third kappa shape index (κ3) is 1.93. The minimum atomic E-state index is -4.78. The lowest BCUT2D eigenvalue weighted by Gasteiger charge is -2.36. The average molecular weight is 238 g/mol. The summed E-state index contributed by atoms with van der Waals surface area (Å²) in [6.45, 7) is 3.02. The Bertz CT molecular complexity index is 333. The maximum absolute atomic E-state index is 12.9. The highest BCUT2D eigenvalue weighted by Gasteiger charge is 2.63. The predicted molar refractivity (Wildman–Crippen MR) is 49.7 cm³/mol. The largest absolute Gasteiger partial charge is 0.467 e. The Hall–Kier alpha value is -1.04. The minimum absolute atomic E-state index is 0.208. The van der Waals surface area contributed by atoms with Gasteiger partial charge in [-0.25, -0.2) is 4.79 Å². The number of ether oxygens (including phenoxy) is 2. The molecule has 1 heterocycles. The van der Waals surface area contributed by atoms with Crippen LogP contribution in [0.3, 0.4) is 0 Å². The van der Waals surface area contributed by atoms with Crippen LogP contribution in [0.2, 0.25) is 0 Å². The molecule has 16 heavy (non-hydrogen) atoms. The van der Waals surface area contributed by atoms with Gasteiger partial charge in [-0.2, -0.15) is 13.2 Å². The molecule has 0 saturated carbocycles. The fourth-order valence-electron chi connectivity index (χ4n) is 1.52. The highest BCUT2D eigenvalue weighted by molar-refractivity contribution is 5.81. The summed E-state index contributed by atoms with van der Waals surface area (Å²) in [6, 6.07) is 0. The van der Waals surface area contributed by atoms with Gasteiger partial charge in [-0.05, 0) is 19.4 Å². The summed E-state index contributed by atoms with van der Waals surface area (Å²) >= 11 is 0. The first kappa shape index (κ1) is 13.0.